The predicted molar refractivity (Wildman–Crippen MR) is 65.2 cm³/mol. The zero-order chi connectivity index (χ0) is 11.5. The first-order chi connectivity index (χ1) is 7.66. The fourth-order valence-corrected chi connectivity index (χ4v) is 3.15. The maximum absolute atomic E-state index is 11.4. The van der Waals surface area contributed by atoms with Crippen molar-refractivity contribution in [3.05, 3.63) is 0 Å². The monoisotopic (exact) mass is 224 g/mol. The summed E-state index contributed by atoms with van der Waals surface area (Å²) in [6, 6.07) is 1.05. The molecule has 2 fully saturated rings. The van der Waals surface area contributed by atoms with E-state index in [2.05, 4.69) is 4.90 Å². The van der Waals surface area contributed by atoms with Crippen molar-refractivity contribution in [2.75, 3.05) is 13.1 Å². The summed E-state index contributed by atoms with van der Waals surface area (Å²) in [5.74, 6) is 0.716. The Morgan fingerprint density at radius 3 is 2.50 bits per heavy atom. The first kappa shape index (κ1) is 12.1. The number of Topliss-reactive ketones (excluding diaryl/α,β-unsaturated/α-hetero) is 1. The minimum Gasteiger partial charge on any atom is -0.328 e. The number of rotatable bonds is 2. The molecule has 0 aromatic carbocycles. The summed E-state index contributed by atoms with van der Waals surface area (Å²) in [6.07, 6.45) is 6.95. The van der Waals surface area contributed by atoms with Crippen LogP contribution in [0.5, 0.6) is 0 Å². The van der Waals surface area contributed by atoms with Crippen LogP contribution in [0.15, 0.2) is 0 Å². The maximum atomic E-state index is 11.4. The molecule has 2 aliphatic rings. The van der Waals surface area contributed by atoms with Crippen LogP contribution >= 0.6 is 0 Å². The second-order valence-corrected chi connectivity index (χ2v) is 5.50. The van der Waals surface area contributed by atoms with E-state index in [1.54, 1.807) is 6.92 Å². The van der Waals surface area contributed by atoms with E-state index in [9.17, 15) is 4.79 Å². The highest BCUT2D eigenvalue weighted by Crippen LogP contribution is 2.29. The Morgan fingerprint density at radius 2 is 1.88 bits per heavy atom. The SMILES string of the molecule is CC(=O)C1CCCC(N2CCC(N)CC2)C1. The van der Waals surface area contributed by atoms with E-state index in [-0.39, 0.29) is 0 Å². The smallest absolute Gasteiger partial charge is 0.132 e. The molecule has 1 aliphatic carbocycles. The number of nitrogens with zero attached hydrogens (tertiary/aromatic N) is 1. The maximum Gasteiger partial charge on any atom is 0.132 e. The molecular weight excluding hydrogens is 200 g/mol. The lowest BCUT2D eigenvalue weighted by Crippen LogP contribution is -2.47. The molecule has 2 rings (SSSR count). The van der Waals surface area contributed by atoms with E-state index < -0.39 is 0 Å². The van der Waals surface area contributed by atoms with Gasteiger partial charge in [-0.1, -0.05) is 6.42 Å². The van der Waals surface area contributed by atoms with E-state index in [1.807, 2.05) is 0 Å². The third-order valence-electron chi connectivity index (χ3n) is 4.31. The van der Waals surface area contributed by atoms with E-state index in [4.69, 9.17) is 5.73 Å². The van der Waals surface area contributed by atoms with Crippen LogP contribution in [0.25, 0.3) is 0 Å². The van der Waals surface area contributed by atoms with Crippen molar-refractivity contribution in [2.24, 2.45) is 11.7 Å². The molecule has 0 aromatic rings. The molecule has 0 spiro atoms. The minimum atomic E-state index is 0.328. The Bertz CT molecular complexity index is 246. The zero-order valence-electron chi connectivity index (χ0n) is 10.3. The van der Waals surface area contributed by atoms with Gasteiger partial charge in [0.25, 0.3) is 0 Å². The molecule has 0 aromatic heterocycles. The number of nitrogens with two attached hydrogens (primary N) is 1. The summed E-state index contributed by atoms with van der Waals surface area (Å²) < 4.78 is 0. The molecule has 0 amide bonds. The summed E-state index contributed by atoms with van der Waals surface area (Å²) >= 11 is 0. The molecule has 1 heterocycles. The van der Waals surface area contributed by atoms with Gasteiger partial charge in [-0.3, -0.25) is 4.79 Å². The van der Waals surface area contributed by atoms with E-state index >= 15 is 0 Å². The number of piperidine rings is 1. The molecule has 3 nitrogen and oxygen atoms in total. The Hall–Kier alpha value is -0.410. The summed E-state index contributed by atoms with van der Waals surface area (Å²) in [7, 11) is 0. The van der Waals surface area contributed by atoms with Gasteiger partial charge in [0, 0.05) is 18.0 Å². The fraction of sp³-hybridized carbons (Fsp3) is 0.923. The second kappa shape index (κ2) is 5.28. The van der Waals surface area contributed by atoms with Gasteiger partial charge in [-0.25, -0.2) is 0 Å². The van der Waals surface area contributed by atoms with Gasteiger partial charge in [0.05, 0.1) is 0 Å². The van der Waals surface area contributed by atoms with Gasteiger partial charge in [-0.05, 0) is 52.1 Å². The van der Waals surface area contributed by atoms with Crippen LogP contribution in [-0.4, -0.2) is 35.9 Å². The van der Waals surface area contributed by atoms with Gasteiger partial charge in [0.2, 0.25) is 0 Å². The van der Waals surface area contributed by atoms with Gasteiger partial charge in [0.15, 0.2) is 0 Å². The van der Waals surface area contributed by atoms with Crippen molar-refractivity contribution in [3.63, 3.8) is 0 Å². The van der Waals surface area contributed by atoms with E-state index in [1.165, 1.54) is 12.8 Å². The largest absolute Gasteiger partial charge is 0.328 e. The average Bonchev–Trinajstić information content (AvgIpc) is 2.30. The summed E-state index contributed by atoms with van der Waals surface area (Å²) in [5.41, 5.74) is 5.92. The topological polar surface area (TPSA) is 46.3 Å². The van der Waals surface area contributed by atoms with Gasteiger partial charge < -0.3 is 10.6 Å². The molecule has 1 saturated carbocycles. The van der Waals surface area contributed by atoms with Crippen LogP contribution in [0.4, 0.5) is 0 Å². The zero-order valence-corrected chi connectivity index (χ0v) is 10.3. The van der Waals surface area contributed by atoms with Crippen LogP contribution < -0.4 is 5.73 Å². The lowest BCUT2D eigenvalue weighted by Gasteiger charge is -2.40. The van der Waals surface area contributed by atoms with Crippen LogP contribution in [0.1, 0.15) is 45.4 Å². The van der Waals surface area contributed by atoms with Crippen molar-refractivity contribution in [1.82, 2.24) is 4.90 Å². The Labute approximate surface area is 98.4 Å². The van der Waals surface area contributed by atoms with Gasteiger partial charge in [0.1, 0.15) is 5.78 Å². The van der Waals surface area contributed by atoms with Crippen molar-refractivity contribution >= 4 is 5.78 Å². The number of likely N-dealkylation sites (tertiary alicyclic amines) is 1. The lowest BCUT2D eigenvalue weighted by atomic mass is 9.82. The molecule has 0 radical (unpaired) electrons. The molecule has 2 N–H and O–H groups in total. The minimum absolute atomic E-state index is 0.328. The summed E-state index contributed by atoms with van der Waals surface area (Å²) in [4.78, 5) is 14.0. The van der Waals surface area contributed by atoms with Crippen molar-refractivity contribution in [2.45, 2.75) is 57.5 Å². The highest BCUT2D eigenvalue weighted by Gasteiger charge is 2.30. The van der Waals surface area contributed by atoms with Crippen molar-refractivity contribution in [1.29, 1.82) is 0 Å². The Morgan fingerprint density at radius 1 is 1.19 bits per heavy atom. The molecule has 1 aliphatic heterocycles. The Balaban J connectivity index is 1.87. The average molecular weight is 224 g/mol. The first-order valence-electron chi connectivity index (χ1n) is 6.67. The quantitative estimate of drug-likeness (QED) is 0.774. The van der Waals surface area contributed by atoms with Crippen LogP contribution in [0, 0.1) is 5.92 Å². The molecule has 16 heavy (non-hydrogen) atoms. The van der Waals surface area contributed by atoms with Gasteiger partial charge in [-0.15, -0.1) is 0 Å². The Kier molecular flexibility index (Phi) is 3.98. The molecule has 92 valence electrons. The van der Waals surface area contributed by atoms with Crippen LogP contribution in [-0.2, 0) is 4.79 Å². The lowest BCUT2D eigenvalue weighted by molar-refractivity contribution is -0.122. The third kappa shape index (κ3) is 2.83. The normalized spacial score (nSPS) is 33.9. The second-order valence-electron chi connectivity index (χ2n) is 5.50. The third-order valence-corrected chi connectivity index (χ3v) is 4.31. The molecular formula is C13H24N2O. The molecule has 2 atom stereocenters. The summed E-state index contributed by atoms with van der Waals surface area (Å²) in [6.45, 7) is 4.02. The fourth-order valence-electron chi connectivity index (χ4n) is 3.15. The van der Waals surface area contributed by atoms with E-state index in [0.29, 0.717) is 23.8 Å². The van der Waals surface area contributed by atoms with Crippen molar-refractivity contribution in [3.8, 4) is 0 Å². The molecule has 3 heteroatoms. The molecule has 1 saturated heterocycles. The highest BCUT2D eigenvalue weighted by atomic mass is 16.1. The number of hydrogen-bond donors (Lipinski definition) is 1. The number of ketones is 1. The van der Waals surface area contributed by atoms with Crippen LogP contribution in [0.3, 0.4) is 0 Å². The van der Waals surface area contributed by atoms with Crippen LogP contribution in [0.2, 0.25) is 0 Å². The number of carbonyl (C=O) groups excluding carboxylic acids is 1. The first-order valence-corrected chi connectivity index (χ1v) is 6.67. The van der Waals surface area contributed by atoms with Crippen molar-refractivity contribution < 1.29 is 4.79 Å². The number of carbonyl (C=O) groups is 1. The van der Waals surface area contributed by atoms with Gasteiger partial charge >= 0.3 is 0 Å². The van der Waals surface area contributed by atoms with E-state index in [0.717, 1.165) is 38.8 Å². The molecule has 2 unspecified atom stereocenters. The number of hydrogen-bond acceptors (Lipinski definition) is 3. The molecule has 0 bridgehead atoms. The highest BCUT2D eigenvalue weighted by molar-refractivity contribution is 5.78. The predicted octanol–water partition coefficient (Wildman–Crippen LogP) is 1.56. The summed E-state index contributed by atoms with van der Waals surface area (Å²) in [5, 5.41) is 0. The van der Waals surface area contributed by atoms with Gasteiger partial charge in [-0.2, -0.15) is 0 Å². The standard InChI is InChI=1S/C13H24N2O/c1-10(16)11-3-2-4-13(9-11)15-7-5-12(14)6-8-15/h11-13H,2-9,14H2,1H3.